The third kappa shape index (κ3) is 5.88. The Morgan fingerprint density at radius 3 is 2.83 bits per heavy atom. The van der Waals surface area contributed by atoms with Crippen LogP contribution in [-0.2, 0) is 9.53 Å². The zero-order valence-electron chi connectivity index (χ0n) is 7.06. The van der Waals surface area contributed by atoms with Crippen molar-refractivity contribution in [1.82, 2.24) is 0 Å². The molecule has 0 spiro atoms. The summed E-state index contributed by atoms with van der Waals surface area (Å²) in [5, 5.41) is 17.4. The van der Waals surface area contributed by atoms with Crippen LogP contribution in [0, 0.1) is 0 Å². The van der Waals surface area contributed by atoms with Crippen LogP contribution in [0.25, 0.3) is 0 Å². The summed E-state index contributed by atoms with van der Waals surface area (Å²) < 4.78 is 4.61. The van der Waals surface area contributed by atoms with Gasteiger partial charge in [-0.2, -0.15) is 0 Å². The SMILES string of the molecule is C/C=C\C(=O)OCC(O)CCO. The van der Waals surface area contributed by atoms with Crippen molar-refractivity contribution in [2.45, 2.75) is 19.4 Å². The van der Waals surface area contributed by atoms with Crippen molar-refractivity contribution in [3.05, 3.63) is 12.2 Å². The van der Waals surface area contributed by atoms with Crippen molar-refractivity contribution in [3.8, 4) is 0 Å². The predicted octanol–water partition coefficient (Wildman–Crippen LogP) is -0.151. The second kappa shape index (κ2) is 6.82. The van der Waals surface area contributed by atoms with Gasteiger partial charge in [0.25, 0.3) is 0 Å². The lowest BCUT2D eigenvalue weighted by molar-refractivity contribution is -0.140. The van der Waals surface area contributed by atoms with Gasteiger partial charge in [0.05, 0.1) is 6.10 Å². The molecule has 0 heterocycles. The van der Waals surface area contributed by atoms with Crippen LogP contribution in [-0.4, -0.2) is 35.5 Å². The number of carbonyl (C=O) groups excluding carboxylic acids is 1. The summed E-state index contributed by atoms with van der Waals surface area (Å²) in [5.41, 5.74) is 0. The molecule has 2 N–H and O–H groups in total. The molecular formula is C8H14O4. The topological polar surface area (TPSA) is 66.8 Å². The highest BCUT2D eigenvalue weighted by molar-refractivity contribution is 5.81. The van der Waals surface area contributed by atoms with Gasteiger partial charge in [-0.15, -0.1) is 0 Å². The van der Waals surface area contributed by atoms with E-state index in [2.05, 4.69) is 4.74 Å². The summed E-state index contributed by atoms with van der Waals surface area (Å²) in [4.78, 5) is 10.7. The van der Waals surface area contributed by atoms with Crippen LogP contribution >= 0.6 is 0 Å². The average molecular weight is 174 g/mol. The van der Waals surface area contributed by atoms with E-state index in [0.29, 0.717) is 0 Å². The Labute approximate surface area is 71.5 Å². The Balaban J connectivity index is 3.46. The molecule has 1 unspecified atom stereocenters. The van der Waals surface area contributed by atoms with Gasteiger partial charge in [-0.25, -0.2) is 4.79 Å². The second-order valence-electron chi connectivity index (χ2n) is 2.30. The van der Waals surface area contributed by atoms with Gasteiger partial charge in [0, 0.05) is 12.7 Å². The van der Waals surface area contributed by atoms with Crippen molar-refractivity contribution < 1.29 is 19.7 Å². The molecule has 0 bridgehead atoms. The number of aliphatic hydroxyl groups is 2. The molecule has 0 fully saturated rings. The maximum Gasteiger partial charge on any atom is 0.330 e. The summed E-state index contributed by atoms with van der Waals surface area (Å²) in [6.45, 7) is 1.53. The van der Waals surface area contributed by atoms with E-state index in [1.165, 1.54) is 6.08 Å². The van der Waals surface area contributed by atoms with Gasteiger partial charge in [-0.3, -0.25) is 0 Å². The van der Waals surface area contributed by atoms with Gasteiger partial charge in [0.15, 0.2) is 0 Å². The fourth-order valence-corrected chi connectivity index (χ4v) is 0.595. The van der Waals surface area contributed by atoms with Crippen LogP contribution < -0.4 is 0 Å². The standard InChI is InChI=1S/C8H14O4/c1-2-3-8(11)12-6-7(10)4-5-9/h2-3,7,9-10H,4-6H2,1H3/b3-2-. The number of ether oxygens (including phenoxy) is 1. The molecular weight excluding hydrogens is 160 g/mol. The Bertz CT molecular complexity index is 153. The molecule has 0 aromatic carbocycles. The van der Waals surface area contributed by atoms with Crippen LogP contribution in [0.2, 0.25) is 0 Å². The molecule has 70 valence electrons. The summed E-state index contributed by atoms with van der Waals surface area (Å²) >= 11 is 0. The van der Waals surface area contributed by atoms with Gasteiger partial charge < -0.3 is 14.9 Å². The van der Waals surface area contributed by atoms with Crippen LogP contribution in [0.5, 0.6) is 0 Å². The largest absolute Gasteiger partial charge is 0.460 e. The number of rotatable bonds is 5. The van der Waals surface area contributed by atoms with Crippen LogP contribution in [0.3, 0.4) is 0 Å². The smallest absolute Gasteiger partial charge is 0.330 e. The molecule has 0 radical (unpaired) electrons. The lowest BCUT2D eigenvalue weighted by Gasteiger charge is -2.07. The van der Waals surface area contributed by atoms with E-state index in [-0.39, 0.29) is 19.6 Å². The second-order valence-corrected chi connectivity index (χ2v) is 2.30. The molecule has 0 aromatic rings. The Hall–Kier alpha value is -0.870. The van der Waals surface area contributed by atoms with E-state index in [9.17, 15) is 4.79 Å². The number of carbonyl (C=O) groups is 1. The molecule has 0 aliphatic rings. The monoisotopic (exact) mass is 174 g/mol. The molecule has 1 atom stereocenters. The fourth-order valence-electron chi connectivity index (χ4n) is 0.595. The predicted molar refractivity (Wildman–Crippen MR) is 43.5 cm³/mol. The minimum Gasteiger partial charge on any atom is -0.460 e. The summed E-state index contributed by atoms with van der Waals surface area (Å²) in [7, 11) is 0. The minimum atomic E-state index is -0.774. The van der Waals surface area contributed by atoms with E-state index < -0.39 is 12.1 Å². The number of hydrogen-bond donors (Lipinski definition) is 2. The quantitative estimate of drug-likeness (QED) is 0.449. The fraction of sp³-hybridized carbons (Fsp3) is 0.625. The first-order chi connectivity index (χ1) is 5.70. The average Bonchev–Trinajstić information content (AvgIpc) is 2.02. The van der Waals surface area contributed by atoms with Crippen molar-refractivity contribution in [2.24, 2.45) is 0 Å². The molecule has 0 aliphatic carbocycles. The van der Waals surface area contributed by atoms with Crippen LogP contribution in [0.15, 0.2) is 12.2 Å². The Morgan fingerprint density at radius 1 is 1.67 bits per heavy atom. The minimum absolute atomic E-state index is 0.0657. The zero-order chi connectivity index (χ0) is 9.40. The van der Waals surface area contributed by atoms with Crippen LogP contribution in [0.1, 0.15) is 13.3 Å². The molecule has 4 nitrogen and oxygen atoms in total. The molecule has 0 aliphatic heterocycles. The third-order valence-corrected chi connectivity index (χ3v) is 1.18. The van der Waals surface area contributed by atoms with Gasteiger partial charge in [-0.1, -0.05) is 6.08 Å². The van der Waals surface area contributed by atoms with E-state index in [4.69, 9.17) is 10.2 Å². The number of hydrogen-bond acceptors (Lipinski definition) is 4. The van der Waals surface area contributed by atoms with E-state index in [0.717, 1.165) is 0 Å². The molecule has 4 heteroatoms. The molecule has 0 saturated carbocycles. The van der Waals surface area contributed by atoms with Crippen LogP contribution in [0.4, 0.5) is 0 Å². The lowest BCUT2D eigenvalue weighted by Crippen LogP contribution is -2.18. The number of aliphatic hydroxyl groups excluding tert-OH is 2. The number of esters is 1. The van der Waals surface area contributed by atoms with Gasteiger partial charge in [0.1, 0.15) is 6.61 Å². The maximum absolute atomic E-state index is 10.7. The number of allylic oxidation sites excluding steroid dienone is 1. The van der Waals surface area contributed by atoms with Gasteiger partial charge in [0.2, 0.25) is 0 Å². The summed E-state index contributed by atoms with van der Waals surface area (Å²) in [6.07, 6.45) is 2.28. The van der Waals surface area contributed by atoms with Gasteiger partial charge in [-0.05, 0) is 13.3 Å². The first-order valence-electron chi connectivity index (χ1n) is 3.79. The summed E-state index contributed by atoms with van der Waals surface area (Å²) in [6, 6.07) is 0. The van der Waals surface area contributed by atoms with E-state index >= 15 is 0 Å². The Morgan fingerprint density at radius 2 is 2.33 bits per heavy atom. The van der Waals surface area contributed by atoms with Crippen molar-refractivity contribution in [3.63, 3.8) is 0 Å². The van der Waals surface area contributed by atoms with Crippen molar-refractivity contribution in [2.75, 3.05) is 13.2 Å². The lowest BCUT2D eigenvalue weighted by atomic mass is 10.3. The van der Waals surface area contributed by atoms with Crippen molar-refractivity contribution in [1.29, 1.82) is 0 Å². The highest BCUT2D eigenvalue weighted by atomic mass is 16.5. The van der Waals surface area contributed by atoms with E-state index in [1.54, 1.807) is 13.0 Å². The third-order valence-electron chi connectivity index (χ3n) is 1.18. The normalized spacial score (nSPS) is 13.2. The highest BCUT2D eigenvalue weighted by Crippen LogP contribution is 1.92. The zero-order valence-corrected chi connectivity index (χ0v) is 7.06. The Kier molecular flexibility index (Phi) is 6.32. The molecule has 0 amide bonds. The van der Waals surface area contributed by atoms with Gasteiger partial charge >= 0.3 is 5.97 Å². The first kappa shape index (κ1) is 11.1. The molecule has 12 heavy (non-hydrogen) atoms. The molecule has 0 rings (SSSR count). The highest BCUT2D eigenvalue weighted by Gasteiger charge is 2.05. The van der Waals surface area contributed by atoms with E-state index in [1.807, 2.05) is 0 Å². The molecule has 0 saturated heterocycles. The first-order valence-corrected chi connectivity index (χ1v) is 3.79. The molecule has 0 aromatic heterocycles. The van der Waals surface area contributed by atoms with Crippen molar-refractivity contribution >= 4 is 5.97 Å². The maximum atomic E-state index is 10.7. The summed E-state index contributed by atoms with van der Waals surface area (Å²) in [5.74, 6) is -0.477.